The number of hydrogen-bond acceptors (Lipinski definition) is 7. The molecule has 0 saturated heterocycles. The van der Waals surface area contributed by atoms with Gasteiger partial charge in [0.1, 0.15) is 11.5 Å². The van der Waals surface area contributed by atoms with Gasteiger partial charge in [-0.05, 0) is 13.0 Å². The maximum absolute atomic E-state index is 13.2. The van der Waals surface area contributed by atoms with Crippen LogP contribution in [0.1, 0.15) is 23.6 Å². The van der Waals surface area contributed by atoms with Crippen molar-refractivity contribution in [2.75, 3.05) is 0 Å². The van der Waals surface area contributed by atoms with Gasteiger partial charge in [-0.3, -0.25) is 10.1 Å². The number of aliphatic hydroxyl groups excluding tert-OH is 1. The second-order valence-electron chi connectivity index (χ2n) is 7.05. The molecule has 4 rings (SSSR count). The Morgan fingerprint density at radius 1 is 1.41 bits per heavy atom. The smallest absolute Gasteiger partial charge is 0.251 e. The van der Waals surface area contributed by atoms with Crippen LogP contribution in [0.5, 0.6) is 0 Å². The van der Waals surface area contributed by atoms with Crippen LogP contribution in [0.2, 0.25) is 4.47 Å². The van der Waals surface area contributed by atoms with Crippen molar-refractivity contribution in [2.45, 2.75) is 35.4 Å². The number of rotatable bonds is 3. The Kier molecular flexibility index (Phi) is 5.12. The van der Waals surface area contributed by atoms with E-state index in [2.05, 4.69) is 15.6 Å². The van der Waals surface area contributed by atoms with Crippen LogP contribution in [-0.2, 0) is 21.2 Å². The summed E-state index contributed by atoms with van der Waals surface area (Å²) in [6.07, 6.45) is 4.95. The van der Waals surface area contributed by atoms with E-state index in [1.165, 1.54) is 29.6 Å². The van der Waals surface area contributed by atoms with Crippen LogP contribution in [0.4, 0.5) is 0 Å². The molecule has 0 bridgehead atoms. The van der Waals surface area contributed by atoms with Gasteiger partial charge in [0.25, 0.3) is 5.91 Å². The monoisotopic (exact) mass is 451 g/mol. The predicted molar refractivity (Wildman–Crippen MR) is 110 cm³/mol. The molecule has 152 valence electrons. The molecule has 1 aliphatic heterocycles. The van der Waals surface area contributed by atoms with Crippen molar-refractivity contribution in [3.8, 4) is 0 Å². The third-order valence-electron chi connectivity index (χ3n) is 5.01. The van der Waals surface area contributed by atoms with Gasteiger partial charge >= 0.3 is 0 Å². The van der Waals surface area contributed by atoms with E-state index in [1.807, 2.05) is 0 Å². The minimum atomic E-state index is -3.78. The lowest BCUT2D eigenvalue weighted by Crippen LogP contribution is -2.53. The fourth-order valence-electron chi connectivity index (χ4n) is 3.64. The van der Waals surface area contributed by atoms with Crippen LogP contribution < -0.4 is 10.6 Å². The molecule has 2 heterocycles. The van der Waals surface area contributed by atoms with Crippen LogP contribution in [0, 0.1) is 0 Å². The number of halogens is 1. The third kappa shape index (κ3) is 3.64. The number of aliphatic hydroxyl groups is 1. The van der Waals surface area contributed by atoms with E-state index in [0.29, 0.717) is 10.0 Å². The van der Waals surface area contributed by atoms with Crippen LogP contribution >= 0.6 is 22.9 Å². The zero-order valence-corrected chi connectivity index (χ0v) is 17.7. The highest BCUT2D eigenvalue weighted by Crippen LogP contribution is 2.38. The second kappa shape index (κ2) is 7.33. The Morgan fingerprint density at radius 3 is 2.90 bits per heavy atom. The molecule has 3 unspecified atom stereocenters. The number of amides is 1. The van der Waals surface area contributed by atoms with Gasteiger partial charge in [0.15, 0.2) is 14.3 Å². The van der Waals surface area contributed by atoms with Crippen molar-refractivity contribution in [3.05, 3.63) is 69.2 Å². The fourth-order valence-corrected chi connectivity index (χ4v) is 6.68. The molecule has 10 heteroatoms. The van der Waals surface area contributed by atoms with Crippen LogP contribution in [0.3, 0.4) is 0 Å². The first-order valence-electron chi connectivity index (χ1n) is 8.79. The Morgan fingerprint density at radius 2 is 2.17 bits per heavy atom. The van der Waals surface area contributed by atoms with Crippen LogP contribution in [0.15, 0.2) is 59.2 Å². The zero-order chi connectivity index (χ0) is 20.8. The number of aromatic nitrogens is 1. The van der Waals surface area contributed by atoms with E-state index in [0.717, 1.165) is 4.88 Å². The van der Waals surface area contributed by atoms with Crippen molar-refractivity contribution in [2.24, 2.45) is 0 Å². The maximum atomic E-state index is 13.2. The van der Waals surface area contributed by atoms with Gasteiger partial charge in [-0.2, -0.15) is 0 Å². The van der Waals surface area contributed by atoms with E-state index in [9.17, 15) is 18.3 Å². The molecule has 0 fully saturated rings. The molecule has 1 aromatic carbocycles. The summed E-state index contributed by atoms with van der Waals surface area (Å²) in [4.78, 5) is 17.4. The summed E-state index contributed by atoms with van der Waals surface area (Å²) in [5, 5.41) is 15.4. The summed E-state index contributed by atoms with van der Waals surface area (Å²) in [5.74, 6) is -0.360. The van der Waals surface area contributed by atoms with Crippen LogP contribution in [0.25, 0.3) is 0 Å². The lowest BCUT2D eigenvalue weighted by molar-refractivity contribution is -0.117. The minimum Gasteiger partial charge on any atom is -0.374 e. The van der Waals surface area contributed by atoms with Gasteiger partial charge in [-0.25, -0.2) is 13.4 Å². The molecule has 3 atom stereocenters. The van der Waals surface area contributed by atoms with Gasteiger partial charge in [0.05, 0.1) is 17.0 Å². The molecular weight excluding hydrogens is 434 g/mol. The second-order valence-corrected chi connectivity index (χ2v) is 10.8. The lowest BCUT2D eigenvalue weighted by atomic mass is 9.88. The summed E-state index contributed by atoms with van der Waals surface area (Å²) in [5.41, 5.74) is -0.579. The van der Waals surface area contributed by atoms with Crippen molar-refractivity contribution < 1.29 is 18.3 Å². The van der Waals surface area contributed by atoms with Gasteiger partial charge in [-0.1, -0.05) is 48.0 Å². The Hall–Kier alpha value is -2.04. The number of sulfone groups is 1. The molecule has 0 saturated carbocycles. The largest absolute Gasteiger partial charge is 0.374 e. The van der Waals surface area contributed by atoms with E-state index in [4.69, 9.17) is 11.6 Å². The molecule has 0 spiro atoms. The first-order valence-corrected chi connectivity index (χ1v) is 11.5. The maximum Gasteiger partial charge on any atom is 0.251 e. The van der Waals surface area contributed by atoms with E-state index >= 15 is 0 Å². The topological polar surface area (TPSA) is 108 Å². The highest BCUT2D eigenvalue weighted by molar-refractivity contribution is 7.92. The molecule has 3 N–H and O–H groups in total. The normalized spacial score (nSPS) is 27.3. The molecule has 1 aromatic heterocycles. The third-order valence-corrected chi connectivity index (χ3v) is 8.42. The average Bonchev–Trinajstić information content (AvgIpc) is 3.08. The predicted octanol–water partition coefficient (Wildman–Crippen LogP) is 2.10. The van der Waals surface area contributed by atoms with Crippen molar-refractivity contribution in [1.82, 2.24) is 15.6 Å². The van der Waals surface area contributed by atoms with Gasteiger partial charge < -0.3 is 10.4 Å². The Balaban J connectivity index is 1.64. The van der Waals surface area contributed by atoms with Gasteiger partial charge in [0.2, 0.25) is 0 Å². The Labute approximate surface area is 177 Å². The quantitative estimate of drug-likeness (QED) is 0.659. The SMILES string of the molecule is CC12C=C(C(=O)NCc3cnc(Cl)s3)C=CC1S(=O)(=O)c1ccccc1C(O)N2. The molecule has 29 heavy (non-hydrogen) atoms. The summed E-state index contributed by atoms with van der Waals surface area (Å²) < 4.78 is 26.9. The lowest BCUT2D eigenvalue weighted by Gasteiger charge is -2.36. The van der Waals surface area contributed by atoms with E-state index in [1.54, 1.807) is 37.4 Å². The van der Waals surface area contributed by atoms with E-state index in [-0.39, 0.29) is 22.9 Å². The summed E-state index contributed by atoms with van der Waals surface area (Å²) in [7, 11) is -3.78. The minimum absolute atomic E-state index is 0.0850. The van der Waals surface area contributed by atoms with Gasteiger partial charge in [0, 0.05) is 22.2 Å². The van der Waals surface area contributed by atoms with Gasteiger partial charge in [-0.15, -0.1) is 11.3 Å². The van der Waals surface area contributed by atoms with Crippen molar-refractivity contribution in [3.63, 3.8) is 0 Å². The van der Waals surface area contributed by atoms with Crippen molar-refractivity contribution in [1.29, 1.82) is 0 Å². The summed E-state index contributed by atoms with van der Waals surface area (Å²) in [6, 6.07) is 6.36. The first kappa shape index (κ1) is 20.2. The zero-order valence-electron chi connectivity index (χ0n) is 15.3. The molecule has 0 radical (unpaired) electrons. The molecule has 2 aliphatic rings. The van der Waals surface area contributed by atoms with E-state index < -0.39 is 26.9 Å². The number of benzene rings is 1. The molecule has 7 nitrogen and oxygen atoms in total. The Bertz CT molecular complexity index is 1140. The molecule has 1 amide bonds. The first-order chi connectivity index (χ1) is 13.7. The standard InChI is InChI=1S/C19H18ClN3O4S2/c1-19-8-11(16(24)21-9-12-10-22-18(20)28-12)6-7-15(19)29(26,27)14-5-3-2-4-13(14)17(25)23-19/h2-8,10,15,17,23,25H,9H2,1H3,(H,21,24). The fraction of sp³-hybridized carbons (Fsp3) is 0.263. The molecule has 2 aromatic rings. The molecular formula is C19H18ClN3O4S2. The number of hydrogen-bond donors (Lipinski definition) is 3. The highest BCUT2D eigenvalue weighted by atomic mass is 35.5. The number of nitrogens with one attached hydrogen (secondary N) is 2. The highest BCUT2D eigenvalue weighted by Gasteiger charge is 2.47. The van der Waals surface area contributed by atoms with Crippen LogP contribution in [-0.4, -0.2) is 35.2 Å². The molecule has 1 aliphatic carbocycles. The number of nitrogens with zero attached hydrogens (tertiary/aromatic N) is 1. The number of fused-ring (bicyclic) bond motifs is 2. The number of carbonyl (C=O) groups excluding carboxylic acids is 1. The summed E-state index contributed by atoms with van der Waals surface area (Å²) in [6.45, 7) is 1.92. The van der Waals surface area contributed by atoms with Crippen molar-refractivity contribution >= 4 is 38.7 Å². The summed E-state index contributed by atoms with van der Waals surface area (Å²) >= 11 is 7.06. The average molecular weight is 452 g/mol. The number of thiazole rings is 1. The number of carbonyl (C=O) groups is 1.